The molecule has 0 aliphatic carbocycles. The quantitative estimate of drug-likeness (QED) is 0.740. The Kier molecular flexibility index (Phi) is 4.57. The van der Waals surface area contributed by atoms with Gasteiger partial charge in [-0.1, -0.05) is 48.5 Å². The molecule has 0 aliphatic rings. The molecule has 0 atom stereocenters. The summed E-state index contributed by atoms with van der Waals surface area (Å²) in [5.41, 5.74) is 1.74. The normalized spacial score (nSPS) is 10.3. The zero-order valence-corrected chi connectivity index (χ0v) is 13.1. The fraction of sp³-hybridized carbons (Fsp3) is 0. The monoisotopic (exact) mass is 335 g/mol. The molecule has 0 saturated heterocycles. The van der Waals surface area contributed by atoms with Crippen LogP contribution in [0.1, 0.15) is 20.7 Å². The highest BCUT2D eigenvalue weighted by Crippen LogP contribution is 2.25. The summed E-state index contributed by atoms with van der Waals surface area (Å²) in [5, 5.41) is 11.4. The molecule has 0 unspecified atom stereocenters. The van der Waals surface area contributed by atoms with E-state index in [0.717, 1.165) is 17.2 Å². The van der Waals surface area contributed by atoms with E-state index in [9.17, 15) is 14.0 Å². The minimum absolute atomic E-state index is 0.0714. The molecule has 3 aromatic rings. The largest absolute Gasteiger partial charge is 0.478 e. The number of rotatable bonds is 4. The zero-order chi connectivity index (χ0) is 17.8. The van der Waals surface area contributed by atoms with Crippen LogP contribution in [0.2, 0.25) is 0 Å². The Morgan fingerprint density at radius 2 is 1.56 bits per heavy atom. The van der Waals surface area contributed by atoms with Crippen molar-refractivity contribution in [1.29, 1.82) is 0 Å². The third kappa shape index (κ3) is 3.55. The second-order valence-electron chi connectivity index (χ2n) is 5.37. The lowest BCUT2D eigenvalue weighted by molar-refractivity contribution is 0.0696. The molecule has 0 heterocycles. The fourth-order valence-electron chi connectivity index (χ4n) is 2.49. The summed E-state index contributed by atoms with van der Waals surface area (Å²) >= 11 is 0. The average Bonchev–Trinajstić information content (AvgIpc) is 2.64. The Hall–Kier alpha value is -3.47. The van der Waals surface area contributed by atoms with Gasteiger partial charge in [-0.25, -0.2) is 9.18 Å². The first kappa shape index (κ1) is 16.4. The molecule has 1 amide bonds. The van der Waals surface area contributed by atoms with Gasteiger partial charge in [0.15, 0.2) is 0 Å². The number of hydrogen-bond acceptors (Lipinski definition) is 2. The summed E-state index contributed by atoms with van der Waals surface area (Å²) in [4.78, 5) is 23.4. The average molecular weight is 335 g/mol. The Labute approximate surface area is 143 Å². The standard InChI is InChI=1S/C20H14FNO3/c21-17-12-14(20(24)25)10-11-18(17)22-19(23)16-9-5-4-8-15(16)13-6-2-1-3-7-13/h1-12H,(H,22,23)(H,24,25). The number of benzene rings is 3. The summed E-state index contributed by atoms with van der Waals surface area (Å²) < 4.78 is 14.0. The number of carbonyl (C=O) groups is 2. The van der Waals surface area contributed by atoms with Crippen molar-refractivity contribution in [3.63, 3.8) is 0 Å². The van der Waals surface area contributed by atoms with Crippen molar-refractivity contribution in [2.24, 2.45) is 0 Å². The topological polar surface area (TPSA) is 66.4 Å². The summed E-state index contributed by atoms with van der Waals surface area (Å²) in [5.74, 6) is -2.50. The summed E-state index contributed by atoms with van der Waals surface area (Å²) in [6.07, 6.45) is 0. The molecule has 0 radical (unpaired) electrons. The number of amides is 1. The van der Waals surface area contributed by atoms with E-state index in [1.165, 1.54) is 12.1 Å². The predicted octanol–water partition coefficient (Wildman–Crippen LogP) is 4.44. The van der Waals surface area contributed by atoms with E-state index in [1.807, 2.05) is 42.5 Å². The van der Waals surface area contributed by atoms with Crippen LogP contribution in [0.3, 0.4) is 0 Å². The van der Waals surface area contributed by atoms with Crippen molar-refractivity contribution in [2.45, 2.75) is 0 Å². The number of anilines is 1. The highest BCUT2D eigenvalue weighted by atomic mass is 19.1. The van der Waals surface area contributed by atoms with Gasteiger partial charge in [-0.3, -0.25) is 4.79 Å². The minimum Gasteiger partial charge on any atom is -0.478 e. The molecule has 0 bridgehead atoms. The van der Waals surface area contributed by atoms with Crippen LogP contribution in [0.5, 0.6) is 0 Å². The number of halogens is 1. The van der Waals surface area contributed by atoms with Crippen molar-refractivity contribution < 1.29 is 19.1 Å². The molecule has 5 heteroatoms. The molecule has 4 nitrogen and oxygen atoms in total. The maximum atomic E-state index is 14.0. The number of carboxylic acids is 1. The van der Waals surface area contributed by atoms with Crippen molar-refractivity contribution in [1.82, 2.24) is 0 Å². The first-order chi connectivity index (χ1) is 12.1. The second kappa shape index (κ2) is 6.97. The smallest absolute Gasteiger partial charge is 0.335 e. The van der Waals surface area contributed by atoms with Crippen LogP contribution in [0.4, 0.5) is 10.1 Å². The lowest BCUT2D eigenvalue weighted by Crippen LogP contribution is -2.14. The highest BCUT2D eigenvalue weighted by molar-refractivity contribution is 6.08. The molecule has 0 aliphatic heterocycles. The Bertz CT molecular complexity index is 939. The van der Waals surface area contributed by atoms with Crippen LogP contribution >= 0.6 is 0 Å². The van der Waals surface area contributed by atoms with Gasteiger partial charge in [0.25, 0.3) is 5.91 Å². The number of aromatic carboxylic acids is 1. The fourth-order valence-corrected chi connectivity index (χ4v) is 2.49. The van der Waals surface area contributed by atoms with Crippen LogP contribution < -0.4 is 5.32 Å². The third-order valence-corrected chi connectivity index (χ3v) is 3.72. The van der Waals surface area contributed by atoms with Gasteiger partial charge in [0.05, 0.1) is 11.3 Å². The summed E-state index contributed by atoms with van der Waals surface area (Å²) in [7, 11) is 0. The van der Waals surface area contributed by atoms with Crippen molar-refractivity contribution in [3.8, 4) is 11.1 Å². The van der Waals surface area contributed by atoms with Gasteiger partial charge >= 0.3 is 5.97 Å². The number of carbonyl (C=O) groups excluding carboxylic acids is 1. The SMILES string of the molecule is O=C(O)c1ccc(NC(=O)c2ccccc2-c2ccccc2)c(F)c1. The van der Waals surface area contributed by atoms with E-state index in [2.05, 4.69) is 5.32 Å². The van der Waals surface area contributed by atoms with Crippen molar-refractivity contribution in [3.05, 3.63) is 89.7 Å². The Morgan fingerprint density at radius 1 is 0.880 bits per heavy atom. The molecule has 0 fully saturated rings. The molecule has 2 N–H and O–H groups in total. The van der Waals surface area contributed by atoms with Gasteiger partial charge in [-0.15, -0.1) is 0 Å². The van der Waals surface area contributed by atoms with Gasteiger partial charge in [-0.05, 0) is 35.4 Å². The lowest BCUT2D eigenvalue weighted by Gasteiger charge is -2.11. The molecule has 25 heavy (non-hydrogen) atoms. The molecule has 0 spiro atoms. The summed E-state index contributed by atoms with van der Waals surface area (Å²) in [6.45, 7) is 0. The molecule has 3 aromatic carbocycles. The first-order valence-corrected chi connectivity index (χ1v) is 7.55. The number of carboxylic acid groups (broad SMARTS) is 1. The van der Waals surface area contributed by atoms with Crippen LogP contribution in [0, 0.1) is 5.82 Å². The van der Waals surface area contributed by atoms with Gasteiger partial charge < -0.3 is 10.4 Å². The van der Waals surface area contributed by atoms with E-state index in [-0.39, 0.29) is 11.3 Å². The van der Waals surface area contributed by atoms with Gasteiger partial charge in [-0.2, -0.15) is 0 Å². The zero-order valence-electron chi connectivity index (χ0n) is 13.1. The maximum Gasteiger partial charge on any atom is 0.335 e. The third-order valence-electron chi connectivity index (χ3n) is 3.72. The molecular weight excluding hydrogens is 321 g/mol. The van der Waals surface area contributed by atoms with Crippen molar-refractivity contribution in [2.75, 3.05) is 5.32 Å². The number of nitrogens with one attached hydrogen (secondary N) is 1. The molecular formula is C20H14FNO3. The first-order valence-electron chi connectivity index (χ1n) is 7.55. The minimum atomic E-state index is -1.23. The van der Waals surface area contributed by atoms with Crippen LogP contribution in [-0.4, -0.2) is 17.0 Å². The number of hydrogen-bond donors (Lipinski definition) is 2. The second-order valence-corrected chi connectivity index (χ2v) is 5.37. The van der Waals surface area contributed by atoms with E-state index in [4.69, 9.17) is 5.11 Å². The van der Waals surface area contributed by atoms with Crippen molar-refractivity contribution >= 4 is 17.6 Å². The van der Waals surface area contributed by atoms with Gasteiger partial charge in [0, 0.05) is 5.56 Å². The molecule has 0 saturated carbocycles. The Balaban J connectivity index is 1.92. The van der Waals surface area contributed by atoms with E-state index >= 15 is 0 Å². The molecule has 124 valence electrons. The van der Waals surface area contributed by atoms with E-state index in [1.54, 1.807) is 12.1 Å². The van der Waals surface area contributed by atoms with Crippen LogP contribution in [0.25, 0.3) is 11.1 Å². The van der Waals surface area contributed by atoms with Crippen LogP contribution in [0.15, 0.2) is 72.8 Å². The van der Waals surface area contributed by atoms with Gasteiger partial charge in [0.1, 0.15) is 5.82 Å². The van der Waals surface area contributed by atoms with Gasteiger partial charge in [0.2, 0.25) is 0 Å². The predicted molar refractivity (Wildman–Crippen MR) is 93.2 cm³/mol. The highest BCUT2D eigenvalue weighted by Gasteiger charge is 2.15. The maximum absolute atomic E-state index is 14.0. The molecule has 3 rings (SSSR count). The van der Waals surface area contributed by atoms with E-state index in [0.29, 0.717) is 5.56 Å². The molecule has 0 aromatic heterocycles. The lowest BCUT2D eigenvalue weighted by atomic mass is 9.99. The van der Waals surface area contributed by atoms with E-state index < -0.39 is 17.7 Å². The summed E-state index contributed by atoms with van der Waals surface area (Å²) in [6, 6.07) is 19.8. The Morgan fingerprint density at radius 3 is 2.24 bits per heavy atom. The van der Waals surface area contributed by atoms with Crippen LogP contribution in [-0.2, 0) is 0 Å².